The maximum absolute atomic E-state index is 14.4. The van der Waals surface area contributed by atoms with E-state index in [4.69, 9.17) is 21.1 Å². The second-order valence-electron chi connectivity index (χ2n) is 7.27. The van der Waals surface area contributed by atoms with Crippen LogP contribution in [0.1, 0.15) is 16.7 Å². The molecule has 6 nitrogen and oxygen atoms in total. The van der Waals surface area contributed by atoms with E-state index in [0.717, 1.165) is 5.56 Å². The summed E-state index contributed by atoms with van der Waals surface area (Å²) in [7, 11) is 0. The van der Waals surface area contributed by atoms with Crippen LogP contribution in [0.5, 0.6) is 0 Å². The van der Waals surface area contributed by atoms with Gasteiger partial charge in [-0.3, -0.25) is 0 Å². The smallest absolute Gasteiger partial charge is 0.225 e. The second-order valence-corrected chi connectivity index (χ2v) is 7.71. The molecule has 2 bridgehead atoms. The van der Waals surface area contributed by atoms with E-state index in [2.05, 4.69) is 0 Å². The van der Waals surface area contributed by atoms with E-state index < -0.39 is 42.1 Å². The van der Waals surface area contributed by atoms with Gasteiger partial charge in [0.15, 0.2) is 0 Å². The van der Waals surface area contributed by atoms with Gasteiger partial charge in [-0.1, -0.05) is 29.8 Å². The summed E-state index contributed by atoms with van der Waals surface area (Å²) in [5, 5.41) is 41.3. The van der Waals surface area contributed by atoms with Gasteiger partial charge < -0.3 is 29.9 Å². The predicted octanol–water partition coefficient (Wildman–Crippen LogP) is 1.10. The molecule has 150 valence electrons. The molecule has 2 aromatic carbocycles. The fraction of sp³-hybridized carbons (Fsp3) is 0.400. The van der Waals surface area contributed by atoms with Crippen LogP contribution in [-0.4, -0.2) is 57.6 Å². The summed E-state index contributed by atoms with van der Waals surface area (Å²) in [4.78, 5) is 0. The molecular formula is C20H20ClFO6. The van der Waals surface area contributed by atoms with Gasteiger partial charge in [-0.05, 0) is 35.4 Å². The Labute approximate surface area is 165 Å². The highest BCUT2D eigenvalue weighted by Gasteiger charge is 2.67. The molecule has 2 heterocycles. The molecule has 8 heteroatoms. The van der Waals surface area contributed by atoms with E-state index in [-0.39, 0.29) is 18.6 Å². The predicted molar refractivity (Wildman–Crippen MR) is 97.2 cm³/mol. The van der Waals surface area contributed by atoms with Crippen molar-refractivity contribution < 1.29 is 34.3 Å². The molecule has 28 heavy (non-hydrogen) atoms. The average Bonchev–Trinajstić information content (AvgIpc) is 3.08. The topological polar surface area (TPSA) is 99.4 Å². The lowest BCUT2D eigenvalue weighted by atomic mass is 9.83. The molecule has 0 spiro atoms. The van der Waals surface area contributed by atoms with E-state index in [1.54, 1.807) is 24.3 Å². The molecule has 2 fully saturated rings. The summed E-state index contributed by atoms with van der Waals surface area (Å²) in [5.41, 5.74) is -0.124. The minimum Gasteiger partial charge on any atom is -0.393 e. The fourth-order valence-corrected chi connectivity index (χ4v) is 3.95. The Morgan fingerprint density at radius 3 is 2.46 bits per heavy atom. The number of aliphatic hydroxyl groups excluding tert-OH is 4. The number of fused-ring (bicyclic) bond motifs is 2. The van der Waals surface area contributed by atoms with Gasteiger partial charge in [0.25, 0.3) is 0 Å². The summed E-state index contributed by atoms with van der Waals surface area (Å²) in [5.74, 6) is -2.27. The molecule has 2 aromatic rings. The molecule has 5 atom stereocenters. The average molecular weight is 411 g/mol. The second kappa shape index (κ2) is 7.03. The van der Waals surface area contributed by atoms with Crippen LogP contribution < -0.4 is 0 Å². The van der Waals surface area contributed by atoms with Gasteiger partial charge in [0.1, 0.15) is 29.7 Å². The van der Waals surface area contributed by atoms with Crippen LogP contribution >= 0.6 is 11.6 Å². The molecule has 0 radical (unpaired) electrons. The Morgan fingerprint density at radius 2 is 1.79 bits per heavy atom. The molecule has 2 aliphatic heterocycles. The quantitative estimate of drug-likeness (QED) is 0.602. The number of rotatable bonds is 4. The number of aliphatic hydroxyl groups is 4. The van der Waals surface area contributed by atoms with Crippen molar-refractivity contribution in [2.24, 2.45) is 0 Å². The monoisotopic (exact) mass is 410 g/mol. The third-order valence-electron chi connectivity index (χ3n) is 5.48. The molecule has 0 amide bonds. The first-order chi connectivity index (χ1) is 13.3. The third-order valence-corrected chi connectivity index (χ3v) is 5.74. The minimum absolute atomic E-state index is 0.233. The van der Waals surface area contributed by atoms with Crippen molar-refractivity contribution in [3.63, 3.8) is 0 Å². The van der Waals surface area contributed by atoms with Crippen LogP contribution in [0.2, 0.25) is 5.02 Å². The molecule has 0 aromatic heterocycles. The minimum atomic E-state index is -1.82. The Hall–Kier alpha value is -1.58. The number of hydrogen-bond donors (Lipinski definition) is 4. The zero-order chi connectivity index (χ0) is 20.1. The maximum Gasteiger partial charge on any atom is 0.225 e. The Kier molecular flexibility index (Phi) is 4.96. The third kappa shape index (κ3) is 2.95. The lowest BCUT2D eigenvalue weighted by molar-refractivity contribution is -0.329. The normalized spacial score (nSPS) is 34.6. The van der Waals surface area contributed by atoms with Crippen molar-refractivity contribution in [3.8, 4) is 0 Å². The maximum atomic E-state index is 14.4. The van der Waals surface area contributed by atoms with Crippen LogP contribution in [0.4, 0.5) is 4.39 Å². The first-order valence-corrected chi connectivity index (χ1v) is 9.22. The molecule has 4 N–H and O–H groups in total. The Balaban J connectivity index is 1.72. The number of benzene rings is 2. The summed E-state index contributed by atoms with van der Waals surface area (Å²) < 4.78 is 25.9. The van der Waals surface area contributed by atoms with Crippen molar-refractivity contribution in [3.05, 3.63) is 70.0 Å². The standard InChI is InChI=1S/C20H20ClFO6/c21-14-4-1-11(2-5-14)7-12-8-13(3-6-15(12)22)20-18(26)16(24)17(25)19(9-23,28-20)10-27-20/h1-6,8,16-18,23-26H,7,9-10H2/t16-,17-,18+,19-,20-/m0/s1. The first-order valence-electron chi connectivity index (χ1n) is 8.84. The van der Waals surface area contributed by atoms with E-state index in [1.165, 1.54) is 18.2 Å². The summed E-state index contributed by atoms with van der Waals surface area (Å²) in [6.45, 7) is -0.846. The van der Waals surface area contributed by atoms with Crippen LogP contribution in [0.3, 0.4) is 0 Å². The molecule has 2 saturated heterocycles. The van der Waals surface area contributed by atoms with Gasteiger partial charge in [-0.25, -0.2) is 4.39 Å². The lowest BCUT2D eigenvalue weighted by Gasteiger charge is -2.45. The van der Waals surface area contributed by atoms with Crippen LogP contribution in [0, 0.1) is 5.82 Å². The SMILES string of the molecule is OC[C@@]12CO[C@@](c3ccc(F)c(Cc4ccc(Cl)cc4)c3)(O1)[C@H](O)[C@@H](O)[C@@H]2O. The Bertz CT molecular complexity index is 877. The summed E-state index contributed by atoms with van der Waals surface area (Å²) in [6.07, 6.45) is -4.50. The van der Waals surface area contributed by atoms with Gasteiger partial charge >= 0.3 is 0 Å². The van der Waals surface area contributed by atoms with E-state index in [0.29, 0.717) is 10.6 Å². The molecule has 4 rings (SSSR count). The van der Waals surface area contributed by atoms with Crippen LogP contribution in [-0.2, 0) is 21.7 Å². The lowest BCUT2D eigenvalue weighted by Crippen LogP contribution is -2.65. The van der Waals surface area contributed by atoms with Gasteiger partial charge in [-0.15, -0.1) is 0 Å². The van der Waals surface area contributed by atoms with Gasteiger partial charge in [0.05, 0.1) is 13.2 Å². The number of ether oxygens (including phenoxy) is 2. The van der Waals surface area contributed by atoms with E-state index >= 15 is 0 Å². The van der Waals surface area contributed by atoms with Crippen molar-refractivity contribution in [1.29, 1.82) is 0 Å². The van der Waals surface area contributed by atoms with Gasteiger partial charge in [0.2, 0.25) is 5.79 Å². The molecule has 0 saturated carbocycles. The zero-order valence-electron chi connectivity index (χ0n) is 14.8. The number of hydrogen-bond acceptors (Lipinski definition) is 6. The number of halogens is 2. The van der Waals surface area contributed by atoms with Gasteiger partial charge in [-0.2, -0.15) is 0 Å². The van der Waals surface area contributed by atoms with Crippen LogP contribution in [0.15, 0.2) is 42.5 Å². The molecule has 0 unspecified atom stereocenters. The van der Waals surface area contributed by atoms with Crippen molar-refractivity contribution in [2.45, 2.75) is 36.1 Å². The molecule has 2 aliphatic rings. The van der Waals surface area contributed by atoms with Crippen LogP contribution in [0.25, 0.3) is 0 Å². The largest absolute Gasteiger partial charge is 0.393 e. The van der Waals surface area contributed by atoms with Gasteiger partial charge in [0, 0.05) is 17.0 Å². The van der Waals surface area contributed by atoms with Crippen molar-refractivity contribution >= 4 is 11.6 Å². The van der Waals surface area contributed by atoms with Crippen molar-refractivity contribution in [1.82, 2.24) is 0 Å². The summed E-state index contributed by atoms with van der Waals surface area (Å²) in [6, 6.07) is 11.1. The molecular weight excluding hydrogens is 391 g/mol. The van der Waals surface area contributed by atoms with E-state index in [1.807, 2.05) is 0 Å². The highest BCUT2D eigenvalue weighted by atomic mass is 35.5. The highest BCUT2D eigenvalue weighted by Crippen LogP contribution is 2.49. The highest BCUT2D eigenvalue weighted by molar-refractivity contribution is 6.30. The first kappa shape index (κ1) is 19.7. The van der Waals surface area contributed by atoms with E-state index in [9.17, 15) is 24.8 Å². The van der Waals surface area contributed by atoms with Crippen molar-refractivity contribution in [2.75, 3.05) is 13.2 Å². The zero-order valence-corrected chi connectivity index (χ0v) is 15.5. The molecule has 0 aliphatic carbocycles. The summed E-state index contributed by atoms with van der Waals surface area (Å²) >= 11 is 5.88. The fourth-order valence-electron chi connectivity index (χ4n) is 3.82. The Morgan fingerprint density at radius 1 is 1.07 bits per heavy atom.